The Balaban J connectivity index is 1.17. The maximum atomic E-state index is 4.68. The number of fused-ring (bicyclic) bond motifs is 1. The van der Waals surface area contributed by atoms with E-state index in [4.69, 9.17) is 0 Å². The average molecular weight is 451 g/mol. The highest BCUT2D eigenvalue weighted by atomic mass is 15.3. The third-order valence-corrected chi connectivity index (χ3v) is 8.48. The quantitative estimate of drug-likeness (QED) is 0.750. The predicted octanol–water partition coefficient (Wildman–Crippen LogP) is 3.66. The van der Waals surface area contributed by atoms with E-state index in [1.807, 2.05) is 13.2 Å². The molecule has 0 radical (unpaired) electrons. The first kappa shape index (κ1) is 22.9. The van der Waals surface area contributed by atoms with Crippen molar-refractivity contribution in [1.29, 1.82) is 0 Å². The van der Waals surface area contributed by atoms with Gasteiger partial charge in [0.05, 0.1) is 11.2 Å². The second kappa shape index (κ2) is 10.2. The maximum Gasteiger partial charge on any atom is 0.0724 e. The van der Waals surface area contributed by atoms with Gasteiger partial charge in [0.2, 0.25) is 0 Å². The molecule has 4 heterocycles. The number of anilines is 2. The predicted molar refractivity (Wildman–Crippen MR) is 140 cm³/mol. The van der Waals surface area contributed by atoms with Crippen LogP contribution in [0.1, 0.15) is 38.2 Å². The number of aromatic nitrogens is 1. The largest absolute Gasteiger partial charge is 0.388 e. The molecule has 1 aromatic heterocycles. The van der Waals surface area contributed by atoms with Gasteiger partial charge in [-0.05, 0) is 76.0 Å². The fraction of sp³-hybridized carbons (Fsp3) is 0.667. The van der Waals surface area contributed by atoms with E-state index in [-0.39, 0.29) is 0 Å². The van der Waals surface area contributed by atoms with Gasteiger partial charge >= 0.3 is 0 Å². The number of piperazine rings is 1. The molecule has 0 unspecified atom stereocenters. The van der Waals surface area contributed by atoms with E-state index >= 15 is 0 Å². The van der Waals surface area contributed by atoms with Crippen molar-refractivity contribution in [2.75, 3.05) is 76.2 Å². The Labute approximate surface area is 199 Å². The first-order valence-electron chi connectivity index (χ1n) is 13.2. The number of hydrogen-bond donors (Lipinski definition) is 1. The van der Waals surface area contributed by atoms with Crippen molar-refractivity contribution < 1.29 is 0 Å². The number of hydrogen-bond acceptors (Lipinski definition) is 6. The normalized spacial score (nSPS) is 22.8. The SMILES string of the molecule is CCN1CCC(N2CCN(C3CCN(c4c(C)cnc5ccc(NC)cc45)CC3)CC2)CC1. The molecular weight excluding hydrogens is 408 g/mol. The third-order valence-electron chi connectivity index (χ3n) is 8.48. The summed E-state index contributed by atoms with van der Waals surface area (Å²) in [7, 11) is 1.99. The smallest absolute Gasteiger partial charge is 0.0724 e. The Hall–Kier alpha value is -1.89. The number of nitrogens with one attached hydrogen (secondary N) is 1. The average Bonchev–Trinajstić information content (AvgIpc) is 2.88. The zero-order valence-corrected chi connectivity index (χ0v) is 20.9. The lowest BCUT2D eigenvalue weighted by molar-refractivity contribution is 0.0384. The third kappa shape index (κ3) is 4.84. The van der Waals surface area contributed by atoms with Crippen LogP contribution in [0.5, 0.6) is 0 Å². The molecule has 6 heteroatoms. The molecule has 2 aromatic rings. The topological polar surface area (TPSA) is 37.9 Å². The first-order chi connectivity index (χ1) is 16.2. The van der Waals surface area contributed by atoms with Gasteiger partial charge in [-0.1, -0.05) is 6.92 Å². The number of piperidine rings is 2. The van der Waals surface area contributed by atoms with Gasteiger partial charge in [-0.15, -0.1) is 0 Å². The van der Waals surface area contributed by atoms with Crippen LogP contribution in [0, 0.1) is 6.92 Å². The summed E-state index contributed by atoms with van der Waals surface area (Å²) < 4.78 is 0. The number of likely N-dealkylation sites (tertiary alicyclic amines) is 1. The fourth-order valence-corrected chi connectivity index (χ4v) is 6.38. The standard InChI is InChI=1S/C27H42N6/c1-4-30-11-7-23(8-12-30)31-15-17-32(18-16-31)24-9-13-33(14-10-24)27-21(2)20-29-26-6-5-22(28-3)19-25(26)27/h5-6,19-20,23-24,28H,4,7-18H2,1-3H3. The molecule has 1 N–H and O–H groups in total. The lowest BCUT2D eigenvalue weighted by atomic mass is 9.98. The Morgan fingerprint density at radius 2 is 1.48 bits per heavy atom. The van der Waals surface area contributed by atoms with Crippen LogP contribution in [-0.4, -0.2) is 97.7 Å². The van der Waals surface area contributed by atoms with Crippen molar-refractivity contribution in [2.45, 2.75) is 51.6 Å². The molecule has 3 aliphatic heterocycles. The Morgan fingerprint density at radius 3 is 2.06 bits per heavy atom. The molecule has 0 amide bonds. The van der Waals surface area contributed by atoms with Crippen molar-refractivity contribution in [3.8, 4) is 0 Å². The Morgan fingerprint density at radius 1 is 0.879 bits per heavy atom. The van der Waals surface area contributed by atoms with Crippen molar-refractivity contribution in [2.24, 2.45) is 0 Å². The molecule has 0 spiro atoms. The first-order valence-corrected chi connectivity index (χ1v) is 13.2. The molecular formula is C27H42N6. The van der Waals surface area contributed by atoms with Crippen molar-refractivity contribution in [1.82, 2.24) is 19.7 Å². The highest BCUT2D eigenvalue weighted by Crippen LogP contribution is 2.33. The van der Waals surface area contributed by atoms with E-state index in [0.717, 1.165) is 36.4 Å². The number of nitrogens with zero attached hydrogens (tertiary/aromatic N) is 5. The lowest BCUT2D eigenvalue weighted by Gasteiger charge is -2.46. The molecule has 3 aliphatic rings. The number of rotatable bonds is 5. The van der Waals surface area contributed by atoms with Gasteiger partial charge in [0.25, 0.3) is 0 Å². The van der Waals surface area contributed by atoms with Crippen LogP contribution in [0.3, 0.4) is 0 Å². The van der Waals surface area contributed by atoms with Crippen LogP contribution in [0.4, 0.5) is 11.4 Å². The zero-order chi connectivity index (χ0) is 22.8. The molecule has 6 nitrogen and oxygen atoms in total. The Kier molecular flexibility index (Phi) is 7.05. The zero-order valence-electron chi connectivity index (χ0n) is 20.9. The fourth-order valence-electron chi connectivity index (χ4n) is 6.38. The van der Waals surface area contributed by atoms with Gasteiger partial charge in [-0.3, -0.25) is 14.8 Å². The van der Waals surface area contributed by atoms with Crippen LogP contribution < -0.4 is 10.2 Å². The van der Waals surface area contributed by atoms with E-state index in [1.165, 1.54) is 88.1 Å². The summed E-state index contributed by atoms with van der Waals surface area (Å²) in [6.45, 7) is 15.6. The van der Waals surface area contributed by atoms with E-state index in [2.05, 4.69) is 61.9 Å². The van der Waals surface area contributed by atoms with E-state index in [9.17, 15) is 0 Å². The van der Waals surface area contributed by atoms with Gasteiger partial charge in [0.15, 0.2) is 0 Å². The van der Waals surface area contributed by atoms with Gasteiger partial charge in [0.1, 0.15) is 0 Å². The molecule has 0 atom stereocenters. The van der Waals surface area contributed by atoms with Crippen molar-refractivity contribution in [3.63, 3.8) is 0 Å². The maximum absolute atomic E-state index is 4.68. The molecule has 3 saturated heterocycles. The molecule has 0 bridgehead atoms. The highest BCUT2D eigenvalue weighted by Gasteiger charge is 2.31. The van der Waals surface area contributed by atoms with Gasteiger partial charge in [0, 0.05) is 75.7 Å². The van der Waals surface area contributed by atoms with Crippen molar-refractivity contribution in [3.05, 3.63) is 30.0 Å². The highest BCUT2D eigenvalue weighted by molar-refractivity contribution is 5.95. The second-order valence-corrected chi connectivity index (χ2v) is 10.2. The van der Waals surface area contributed by atoms with Crippen molar-refractivity contribution >= 4 is 22.3 Å². The van der Waals surface area contributed by atoms with Crippen LogP contribution in [0.2, 0.25) is 0 Å². The van der Waals surface area contributed by atoms with Gasteiger partial charge < -0.3 is 15.1 Å². The summed E-state index contributed by atoms with van der Waals surface area (Å²) >= 11 is 0. The summed E-state index contributed by atoms with van der Waals surface area (Å²) in [6, 6.07) is 8.09. The van der Waals surface area contributed by atoms with Gasteiger partial charge in [-0.2, -0.15) is 0 Å². The minimum absolute atomic E-state index is 0.742. The number of benzene rings is 1. The second-order valence-electron chi connectivity index (χ2n) is 10.2. The molecule has 180 valence electrons. The molecule has 0 saturated carbocycles. The molecule has 1 aromatic carbocycles. The summed E-state index contributed by atoms with van der Waals surface area (Å²) in [5.74, 6) is 0. The number of aryl methyl sites for hydroxylation is 1. The summed E-state index contributed by atoms with van der Waals surface area (Å²) in [4.78, 5) is 15.5. The van der Waals surface area contributed by atoms with Crippen LogP contribution in [-0.2, 0) is 0 Å². The van der Waals surface area contributed by atoms with E-state index in [0.29, 0.717) is 0 Å². The summed E-state index contributed by atoms with van der Waals surface area (Å²) in [6.07, 6.45) is 7.31. The minimum atomic E-state index is 0.742. The lowest BCUT2D eigenvalue weighted by Crippen LogP contribution is -2.56. The Bertz CT molecular complexity index is 922. The molecule has 33 heavy (non-hydrogen) atoms. The molecule has 3 fully saturated rings. The van der Waals surface area contributed by atoms with E-state index in [1.54, 1.807) is 0 Å². The van der Waals surface area contributed by atoms with E-state index < -0.39 is 0 Å². The van der Waals surface area contributed by atoms with Crippen LogP contribution >= 0.6 is 0 Å². The van der Waals surface area contributed by atoms with Crippen LogP contribution in [0.25, 0.3) is 10.9 Å². The van der Waals surface area contributed by atoms with Gasteiger partial charge in [-0.25, -0.2) is 0 Å². The monoisotopic (exact) mass is 450 g/mol. The molecule has 0 aliphatic carbocycles. The summed E-state index contributed by atoms with van der Waals surface area (Å²) in [5.41, 5.74) is 4.93. The summed E-state index contributed by atoms with van der Waals surface area (Å²) in [5, 5.41) is 4.57. The van der Waals surface area contributed by atoms with Crippen LogP contribution in [0.15, 0.2) is 24.4 Å². The number of pyridine rings is 1. The molecule has 5 rings (SSSR count). The minimum Gasteiger partial charge on any atom is -0.388 e.